The Morgan fingerprint density at radius 1 is 1.12 bits per heavy atom. The van der Waals surface area contributed by atoms with E-state index in [0.717, 1.165) is 0 Å². The van der Waals surface area contributed by atoms with Crippen LogP contribution in [0.1, 0.15) is 32.9 Å². The van der Waals surface area contributed by atoms with Gasteiger partial charge in [-0.1, -0.05) is 29.3 Å². The molecule has 4 N–H and O–H groups in total. The molecule has 0 bridgehead atoms. The molecule has 3 heterocycles. The van der Waals surface area contributed by atoms with Crippen LogP contribution in [-0.2, 0) is 25.2 Å². The Bertz CT molecular complexity index is 1680. The highest BCUT2D eigenvalue weighted by Gasteiger charge is 2.28. The molecule has 3 aromatic rings. The van der Waals surface area contributed by atoms with Gasteiger partial charge < -0.3 is 20.9 Å². The molecular formula is C28H27Cl2N5O5S. The van der Waals surface area contributed by atoms with Crippen LogP contribution in [0.5, 0.6) is 0 Å². The molecule has 0 saturated carbocycles. The second-order valence-corrected chi connectivity index (χ2v) is 12.6. The van der Waals surface area contributed by atoms with Crippen molar-refractivity contribution in [2.24, 2.45) is 0 Å². The summed E-state index contributed by atoms with van der Waals surface area (Å²) in [4.78, 5) is 42.6. The van der Waals surface area contributed by atoms with Gasteiger partial charge >= 0.3 is 0 Å². The number of halogens is 2. The average Bonchev–Trinajstić information content (AvgIpc) is 3.44. The average molecular weight is 617 g/mol. The SMILES string of the molecule is Cc1cc(C(=O)NCCN2CCNC(=O)C2)c(/C=C2\C(=O)Nc3ccc(S(=O)(=O)Cc4c(Cl)cccc4Cl)cc32)[nH]1. The summed E-state index contributed by atoms with van der Waals surface area (Å²) in [6.07, 6.45) is 1.54. The molecule has 2 aromatic carbocycles. The number of anilines is 1. The van der Waals surface area contributed by atoms with Gasteiger partial charge in [-0.05, 0) is 49.4 Å². The number of aryl methyl sites for hydroxylation is 1. The van der Waals surface area contributed by atoms with E-state index >= 15 is 0 Å². The van der Waals surface area contributed by atoms with Crippen LogP contribution < -0.4 is 16.0 Å². The maximum Gasteiger partial charge on any atom is 0.256 e. The number of sulfone groups is 1. The van der Waals surface area contributed by atoms with Crippen LogP contribution in [0.15, 0.2) is 47.4 Å². The molecule has 41 heavy (non-hydrogen) atoms. The van der Waals surface area contributed by atoms with Gasteiger partial charge in [-0.3, -0.25) is 19.3 Å². The molecule has 10 nitrogen and oxygen atoms in total. The minimum Gasteiger partial charge on any atom is -0.358 e. The third-order valence-corrected chi connectivity index (χ3v) is 9.23. The molecule has 1 aromatic heterocycles. The molecule has 1 saturated heterocycles. The van der Waals surface area contributed by atoms with Gasteiger partial charge in [0.05, 0.1) is 34.0 Å². The molecule has 2 aliphatic heterocycles. The normalized spacial score (nSPS) is 16.4. The number of aromatic nitrogens is 1. The number of hydrogen-bond donors (Lipinski definition) is 4. The first kappa shape index (κ1) is 28.9. The molecule has 1 fully saturated rings. The summed E-state index contributed by atoms with van der Waals surface area (Å²) < 4.78 is 26.6. The zero-order valence-electron chi connectivity index (χ0n) is 22.0. The Labute approximate surface area is 247 Å². The number of aromatic amines is 1. The number of hydrogen-bond acceptors (Lipinski definition) is 6. The van der Waals surface area contributed by atoms with E-state index in [1.807, 2.05) is 4.90 Å². The summed E-state index contributed by atoms with van der Waals surface area (Å²) in [6.45, 7) is 4.21. The van der Waals surface area contributed by atoms with Crippen LogP contribution in [0.2, 0.25) is 10.0 Å². The van der Waals surface area contributed by atoms with E-state index in [2.05, 4.69) is 20.9 Å². The summed E-state index contributed by atoms with van der Waals surface area (Å²) in [6, 6.07) is 10.8. The monoisotopic (exact) mass is 615 g/mol. The Morgan fingerprint density at radius 3 is 2.61 bits per heavy atom. The van der Waals surface area contributed by atoms with E-state index in [1.54, 1.807) is 37.3 Å². The number of nitrogens with zero attached hydrogens (tertiary/aromatic N) is 1. The lowest BCUT2D eigenvalue weighted by Gasteiger charge is -2.26. The number of carbonyl (C=O) groups is 3. The van der Waals surface area contributed by atoms with E-state index in [-0.39, 0.29) is 38.9 Å². The number of amides is 3. The number of benzene rings is 2. The molecule has 5 rings (SSSR count). The largest absolute Gasteiger partial charge is 0.358 e. The van der Waals surface area contributed by atoms with Crippen LogP contribution in [0.25, 0.3) is 11.6 Å². The highest BCUT2D eigenvalue weighted by Crippen LogP contribution is 2.36. The fourth-order valence-corrected chi connectivity index (χ4v) is 6.93. The summed E-state index contributed by atoms with van der Waals surface area (Å²) in [5.41, 5.74) is 2.81. The summed E-state index contributed by atoms with van der Waals surface area (Å²) >= 11 is 12.4. The van der Waals surface area contributed by atoms with Crippen LogP contribution in [0.3, 0.4) is 0 Å². The van der Waals surface area contributed by atoms with E-state index in [1.165, 1.54) is 18.2 Å². The van der Waals surface area contributed by atoms with Crippen molar-refractivity contribution >= 4 is 68.1 Å². The Kier molecular flexibility index (Phi) is 8.23. The van der Waals surface area contributed by atoms with Gasteiger partial charge in [-0.15, -0.1) is 0 Å². The smallest absolute Gasteiger partial charge is 0.256 e. The van der Waals surface area contributed by atoms with Gasteiger partial charge in [0.25, 0.3) is 11.8 Å². The summed E-state index contributed by atoms with van der Waals surface area (Å²) in [5, 5.41) is 8.87. The number of rotatable bonds is 8. The summed E-state index contributed by atoms with van der Waals surface area (Å²) in [7, 11) is -3.87. The van der Waals surface area contributed by atoms with Gasteiger partial charge in [0.15, 0.2) is 9.84 Å². The molecule has 13 heteroatoms. The summed E-state index contributed by atoms with van der Waals surface area (Å²) in [5.74, 6) is -1.22. The highest BCUT2D eigenvalue weighted by molar-refractivity contribution is 7.90. The van der Waals surface area contributed by atoms with Crippen molar-refractivity contribution in [2.75, 3.05) is 38.0 Å². The topological polar surface area (TPSA) is 140 Å². The van der Waals surface area contributed by atoms with Gasteiger partial charge in [-0.25, -0.2) is 8.42 Å². The second-order valence-electron chi connectivity index (χ2n) is 9.84. The van der Waals surface area contributed by atoms with Gasteiger partial charge in [0.2, 0.25) is 5.91 Å². The first-order valence-electron chi connectivity index (χ1n) is 12.8. The molecule has 0 spiro atoms. The minimum atomic E-state index is -3.87. The maximum atomic E-state index is 13.3. The van der Waals surface area contributed by atoms with E-state index in [9.17, 15) is 22.8 Å². The Hall–Kier alpha value is -3.64. The molecular weight excluding hydrogens is 589 g/mol. The Morgan fingerprint density at radius 2 is 1.88 bits per heavy atom. The molecule has 214 valence electrons. The second kappa shape index (κ2) is 11.7. The molecule has 0 aliphatic carbocycles. The number of nitrogens with one attached hydrogen (secondary N) is 4. The number of fused-ring (bicyclic) bond motifs is 1. The van der Waals surface area contributed by atoms with Gasteiger partial charge in [-0.2, -0.15) is 0 Å². The van der Waals surface area contributed by atoms with E-state index in [4.69, 9.17) is 23.2 Å². The van der Waals surface area contributed by atoms with Gasteiger partial charge in [0.1, 0.15) is 0 Å². The Balaban J connectivity index is 1.38. The lowest BCUT2D eigenvalue weighted by molar-refractivity contribution is -0.124. The zero-order chi connectivity index (χ0) is 29.3. The molecule has 3 amide bonds. The molecule has 0 unspecified atom stereocenters. The predicted molar refractivity (Wildman–Crippen MR) is 158 cm³/mol. The van der Waals surface area contributed by atoms with E-state index in [0.29, 0.717) is 59.9 Å². The first-order chi connectivity index (χ1) is 19.5. The van der Waals surface area contributed by atoms with Crippen LogP contribution >= 0.6 is 23.2 Å². The van der Waals surface area contributed by atoms with Crippen molar-refractivity contribution in [1.82, 2.24) is 20.5 Å². The van der Waals surface area contributed by atoms with Crippen molar-refractivity contribution in [3.05, 3.63) is 80.6 Å². The van der Waals surface area contributed by atoms with Gasteiger partial charge in [0, 0.05) is 58.7 Å². The third-order valence-electron chi connectivity index (χ3n) is 6.88. The van der Waals surface area contributed by atoms with Crippen molar-refractivity contribution in [3.63, 3.8) is 0 Å². The quantitative estimate of drug-likeness (QED) is 0.287. The van der Waals surface area contributed by atoms with Crippen molar-refractivity contribution in [2.45, 2.75) is 17.6 Å². The standard InChI is InChI=1S/C28H27Cl2N5O5S/c1-16-11-20(27(37)32-8-10-35-9-7-31-26(36)14-35)25(33-16)13-19-18-12-17(5-6-24(18)34-28(19)38)41(39,40)15-21-22(29)3-2-4-23(21)30/h2-6,11-13,33H,7-10,14-15H2,1H3,(H,31,36)(H,32,37)(H,34,38)/b19-13-. The number of H-pyrrole nitrogens is 1. The first-order valence-corrected chi connectivity index (χ1v) is 15.2. The fraction of sp³-hybridized carbons (Fsp3) is 0.250. The minimum absolute atomic E-state index is 0.00154. The number of piperazine rings is 1. The zero-order valence-corrected chi connectivity index (χ0v) is 24.3. The molecule has 2 aliphatic rings. The molecule has 0 radical (unpaired) electrons. The van der Waals surface area contributed by atoms with Crippen LogP contribution in [0.4, 0.5) is 5.69 Å². The highest BCUT2D eigenvalue weighted by atomic mass is 35.5. The fourth-order valence-electron chi connectivity index (χ4n) is 4.81. The van der Waals surface area contributed by atoms with Crippen molar-refractivity contribution in [3.8, 4) is 0 Å². The third kappa shape index (κ3) is 6.33. The van der Waals surface area contributed by atoms with Crippen molar-refractivity contribution in [1.29, 1.82) is 0 Å². The lowest BCUT2D eigenvalue weighted by Crippen LogP contribution is -2.49. The lowest BCUT2D eigenvalue weighted by atomic mass is 10.0. The van der Waals surface area contributed by atoms with Crippen molar-refractivity contribution < 1.29 is 22.8 Å². The molecule has 0 atom stereocenters. The predicted octanol–water partition coefficient (Wildman–Crippen LogP) is 3.26. The van der Waals surface area contributed by atoms with E-state index < -0.39 is 21.5 Å². The van der Waals surface area contributed by atoms with Crippen LogP contribution in [-0.4, -0.2) is 68.7 Å². The van der Waals surface area contributed by atoms with Crippen LogP contribution in [0, 0.1) is 6.92 Å². The number of carbonyl (C=O) groups excluding carboxylic acids is 3. The maximum absolute atomic E-state index is 13.3.